The summed E-state index contributed by atoms with van der Waals surface area (Å²) in [6, 6.07) is 24.5. The van der Waals surface area contributed by atoms with Crippen LogP contribution in [0.1, 0.15) is 11.1 Å². The van der Waals surface area contributed by atoms with E-state index >= 15 is 0 Å². The Balaban J connectivity index is 1.33. The molecule has 1 aromatic heterocycles. The first-order valence-electron chi connectivity index (χ1n) is 9.47. The van der Waals surface area contributed by atoms with E-state index in [1.165, 1.54) is 22.3 Å². The van der Waals surface area contributed by atoms with E-state index in [1.807, 2.05) is 35.2 Å². The first-order chi connectivity index (χ1) is 13.8. The maximum absolute atomic E-state index is 12.8. The lowest BCUT2D eigenvalue weighted by Gasteiger charge is -2.29. The zero-order chi connectivity index (χ0) is 18.9. The van der Waals surface area contributed by atoms with E-state index in [-0.39, 0.29) is 6.03 Å². The van der Waals surface area contributed by atoms with Crippen LogP contribution in [0.15, 0.2) is 83.5 Å². The number of furan rings is 1. The van der Waals surface area contributed by atoms with Gasteiger partial charge in [0.1, 0.15) is 11.8 Å². The number of amides is 2. The van der Waals surface area contributed by atoms with Gasteiger partial charge in [-0.15, -0.1) is 0 Å². The van der Waals surface area contributed by atoms with Gasteiger partial charge in [-0.25, -0.2) is 4.79 Å². The normalized spacial score (nSPS) is 13.4. The molecule has 0 bridgehead atoms. The highest BCUT2D eigenvalue weighted by atomic mass is 16.3. The van der Waals surface area contributed by atoms with Crippen LogP contribution >= 0.6 is 0 Å². The van der Waals surface area contributed by atoms with Crippen LogP contribution in [0.2, 0.25) is 0 Å². The lowest BCUT2D eigenvalue weighted by Crippen LogP contribution is -2.38. The Morgan fingerprint density at radius 1 is 0.893 bits per heavy atom. The van der Waals surface area contributed by atoms with Crippen molar-refractivity contribution in [2.75, 3.05) is 11.9 Å². The summed E-state index contributed by atoms with van der Waals surface area (Å²) < 4.78 is 5.52. The molecule has 0 radical (unpaired) electrons. The van der Waals surface area contributed by atoms with Crippen LogP contribution < -0.4 is 5.32 Å². The SMILES string of the molecule is O=C(Nc1coc2ccccc12)N1CCc2cc(-c3ccccc3)ccc2C1. The van der Waals surface area contributed by atoms with Gasteiger partial charge in [-0.1, -0.05) is 60.7 Å². The molecule has 0 unspecified atom stereocenters. The average Bonchev–Trinajstić information content (AvgIpc) is 3.16. The second kappa shape index (κ2) is 6.89. The average molecular weight is 368 g/mol. The van der Waals surface area contributed by atoms with Crippen molar-refractivity contribution in [2.24, 2.45) is 0 Å². The Hall–Kier alpha value is -3.53. The van der Waals surface area contributed by atoms with Gasteiger partial charge in [0.25, 0.3) is 0 Å². The number of nitrogens with zero attached hydrogens (tertiary/aromatic N) is 1. The molecule has 0 spiro atoms. The van der Waals surface area contributed by atoms with Crippen molar-refractivity contribution in [1.29, 1.82) is 0 Å². The van der Waals surface area contributed by atoms with Crippen LogP contribution in [0.3, 0.4) is 0 Å². The molecule has 1 aliphatic rings. The molecule has 0 fully saturated rings. The van der Waals surface area contributed by atoms with Gasteiger partial charge in [0.2, 0.25) is 0 Å². The molecule has 28 heavy (non-hydrogen) atoms. The van der Waals surface area contributed by atoms with Crippen LogP contribution in [-0.4, -0.2) is 17.5 Å². The third kappa shape index (κ3) is 3.03. The van der Waals surface area contributed by atoms with E-state index in [2.05, 4.69) is 47.8 Å². The molecule has 0 saturated carbocycles. The molecule has 0 saturated heterocycles. The highest BCUT2D eigenvalue weighted by molar-refractivity contribution is 6.00. The standard InChI is InChI=1S/C24H20N2O2/c27-24(25-22-16-28-23-9-5-4-8-21(22)23)26-13-12-19-14-18(10-11-20(19)15-26)17-6-2-1-3-7-17/h1-11,14,16H,12-13,15H2,(H,25,27). The molecule has 1 aliphatic heterocycles. The van der Waals surface area contributed by atoms with Gasteiger partial charge in [0.15, 0.2) is 0 Å². The summed E-state index contributed by atoms with van der Waals surface area (Å²) in [4.78, 5) is 14.6. The number of para-hydroxylation sites is 1. The van der Waals surface area contributed by atoms with Crippen molar-refractivity contribution in [3.63, 3.8) is 0 Å². The Bertz CT molecular complexity index is 1150. The first kappa shape index (κ1) is 16.6. The quantitative estimate of drug-likeness (QED) is 0.494. The zero-order valence-electron chi connectivity index (χ0n) is 15.4. The number of urea groups is 1. The second-order valence-electron chi connectivity index (χ2n) is 7.10. The number of fused-ring (bicyclic) bond motifs is 2. The van der Waals surface area contributed by atoms with Gasteiger partial charge in [0.05, 0.1) is 5.69 Å². The minimum Gasteiger partial charge on any atom is -0.462 e. The summed E-state index contributed by atoms with van der Waals surface area (Å²) in [7, 11) is 0. The molecule has 0 aliphatic carbocycles. The number of nitrogens with one attached hydrogen (secondary N) is 1. The van der Waals surface area contributed by atoms with Gasteiger partial charge in [-0.3, -0.25) is 0 Å². The lowest BCUT2D eigenvalue weighted by molar-refractivity contribution is 0.206. The minimum absolute atomic E-state index is 0.0932. The highest BCUT2D eigenvalue weighted by Crippen LogP contribution is 2.28. The summed E-state index contributed by atoms with van der Waals surface area (Å²) in [6.07, 6.45) is 2.46. The van der Waals surface area contributed by atoms with Gasteiger partial charge in [-0.2, -0.15) is 0 Å². The summed E-state index contributed by atoms with van der Waals surface area (Å²) in [5, 5.41) is 3.91. The Kier molecular flexibility index (Phi) is 4.09. The molecule has 4 nitrogen and oxygen atoms in total. The Morgan fingerprint density at radius 3 is 2.61 bits per heavy atom. The molecule has 3 aromatic carbocycles. The number of hydrogen-bond acceptors (Lipinski definition) is 2. The maximum Gasteiger partial charge on any atom is 0.322 e. The highest BCUT2D eigenvalue weighted by Gasteiger charge is 2.22. The fourth-order valence-electron chi connectivity index (χ4n) is 3.81. The summed E-state index contributed by atoms with van der Waals surface area (Å²) in [6.45, 7) is 1.32. The van der Waals surface area contributed by atoms with E-state index in [0.717, 1.165) is 17.4 Å². The molecule has 2 heterocycles. The van der Waals surface area contributed by atoms with Crippen molar-refractivity contribution in [3.8, 4) is 11.1 Å². The fraction of sp³-hybridized carbons (Fsp3) is 0.125. The minimum atomic E-state index is -0.0932. The van der Waals surface area contributed by atoms with E-state index in [4.69, 9.17) is 4.42 Å². The molecule has 138 valence electrons. The maximum atomic E-state index is 12.8. The van der Waals surface area contributed by atoms with Crippen LogP contribution in [0.25, 0.3) is 22.1 Å². The van der Waals surface area contributed by atoms with Gasteiger partial charge >= 0.3 is 6.03 Å². The predicted octanol–water partition coefficient (Wildman–Crippen LogP) is 5.69. The van der Waals surface area contributed by atoms with Crippen molar-refractivity contribution in [1.82, 2.24) is 4.90 Å². The monoisotopic (exact) mass is 368 g/mol. The number of benzene rings is 3. The Labute approximate surface area is 163 Å². The van der Waals surface area contributed by atoms with Crippen LogP contribution in [0.5, 0.6) is 0 Å². The molecule has 4 heteroatoms. The number of carbonyl (C=O) groups is 1. The number of hydrogen-bond donors (Lipinski definition) is 1. The summed E-state index contributed by atoms with van der Waals surface area (Å²) in [5.41, 5.74) is 6.46. The largest absolute Gasteiger partial charge is 0.462 e. The molecule has 5 rings (SSSR count). The zero-order valence-corrected chi connectivity index (χ0v) is 15.4. The topological polar surface area (TPSA) is 45.5 Å². The molecule has 4 aromatic rings. The van der Waals surface area contributed by atoms with Crippen LogP contribution in [0, 0.1) is 0 Å². The van der Waals surface area contributed by atoms with Crippen LogP contribution in [-0.2, 0) is 13.0 Å². The lowest BCUT2D eigenvalue weighted by atomic mass is 9.95. The third-order valence-corrected chi connectivity index (χ3v) is 5.34. The first-order valence-corrected chi connectivity index (χ1v) is 9.47. The van der Waals surface area contributed by atoms with E-state index in [0.29, 0.717) is 18.8 Å². The molecule has 1 N–H and O–H groups in total. The molecular weight excluding hydrogens is 348 g/mol. The van der Waals surface area contributed by atoms with Gasteiger partial charge < -0.3 is 14.6 Å². The Morgan fingerprint density at radius 2 is 1.71 bits per heavy atom. The van der Waals surface area contributed by atoms with Crippen molar-refractivity contribution in [2.45, 2.75) is 13.0 Å². The fourth-order valence-corrected chi connectivity index (χ4v) is 3.81. The van der Waals surface area contributed by atoms with E-state index in [9.17, 15) is 4.79 Å². The van der Waals surface area contributed by atoms with Crippen molar-refractivity contribution >= 4 is 22.7 Å². The molecular formula is C24H20N2O2. The number of anilines is 1. The third-order valence-electron chi connectivity index (χ3n) is 5.34. The second-order valence-corrected chi connectivity index (χ2v) is 7.10. The number of carbonyl (C=O) groups excluding carboxylic acids is 1. The summed E-state index contributed by atoms with van der Waals surface area (Å²) in [5.74, 6) is 0. The molecule has 2 amide bonds. The number of rotatable bonds is 2. The van der Waals surface area contributed by atoms with E-state index in [1.54, 1.807) is 6.26 Å². The van der Waals surface area contributed by atoms with Gasteiger partial charge in [0, 0.05) is 18.5 Å². The smallest absolute Gasteiger partial charge is 0.322 e. The predicted molar refractivity (Wildman–Crippen MR) is 111 cm³/mol. The van der Waals surface area contributed by atoms with Crippen molar-refractivity contribution in [3.05, 3.63) is 90.2 Å². The van der Waals surface area contributed by atoms with Crippen molar-refractivity contribution < 1.29 is 9.21 Å². The van der Waals surface area contributed by atoms with Crippen LogP contribution in [0.4, 0.5) is 10.5 Å². The van der Waals surface area contributed by atoms with E-state index < -0.39 is 0 Å². The molecule has 0 atom stereocenters. The van der Waals surface area contributed by atoms with Gasteiger partial charge in [-0.05, 0) is 40.8 Å². The summed E-state index contributed by atoms with van der Waals surface area (Å²) >= 11 is 0.